The predicted molar refractivity (Wildman–Crippen MR) is 150 cm³/mol. The molecule has 0 aliphatic heterocycles. The van der Waals surface area contributed by atoms with Gasteiger partial charge in [-0.15, -0.1) is 0 Å². The van der Waals surface area contributed by atoms with Gasteiger partial charge in [0.1, 0.15) is 0 Å². The Morgan fingerprint density at radius 2 is 0.812 bits per heavy atom. The summed E-state index contributed by atoms with van der Waals surface area (Å²) in [6.07, 6.45) is 4.65. The number of hydrogen-bond acceptors (Lipinski definition) is 0. The molecule has 0 spiro atoms. The van der Waals surface area contributed by atoms with E-state index in [-0.39, 0.29) is 12.8 Å². The second kappa shape index (κ2) is 17.0. The standard InChI is InChI=1S/C23H20.4C2H6.CH4/c1-17-9-3-6-12-20(17)23(21-13-7-4-10-18(21)2)16-15-19-11-5-8-14-22(19)23;4*1-2;/h3-16H,1-2H3;4*1-2H3;1H4. The van der Waals surface area contributed by atoms with Crippen molar-refractivity contribution >= 4 is 6.08 Å². The summed E-state index contributed by atoms with van der Waals surface area (Å²) in [6, 6.07) is 26.3. The van der Waals surface area contributed by atoms with Crippen LogP contribution in [0, 0.1) is 13.8 Å². The molecule has 0 bridgehead atoms. The van der Waals surface area contributed by atoms with Gasteiger partial charge in [0.25, 0.3) is 0 Å². The molecule has 0 heteroatoms. The largest absolute Gasteiger partial charge is 0.0776 e. The van der Waals surface area contributed by atoms with Crippen molar-refractivity contribution in [2.75, 3.05) is 0 Å². The molecule has 4 rings (SSSR count). The topological polar surface area (TPSA) is 0 Å². The average molecular weight is 433 g/mol. The highest BCUT2D eigenvalue weighted by Crippen LogP contribution is 2.48. The van der Waals surface area contributed by atoms with Gasteiger partial charge >= 0.3 is 0 Å². The summed E-state index contributed by atoms with van der Waals surface area (Å²) in [5.41, 5.74) is 7.91. The van der Waals surface area contributed by atoms with E-state index >= 15 is 0 Å². The van der Waals surface area contributed by atoms with Gasteiger partial charge in [0.05, 0.1) is 5.41 Å². The van der Waals surface area contributed by atoms with Gasteiger partial charge in [0.15, 0.2) is 0 Å². The van der Waals surface area contributed by atoms with Crippen molar-refractivity contribution in [1.82, 2.24) is 0 Å². The van der Waals surface area contributed by atoms with Crippen molar-refractivity contribution in [1.29, 1.82) is 0 Å². The Morgan fingerprint density at radius 3 is 1.22 bits per heavy atom. The van der Waals surface area contributed by atoms with Crippen LogP contribution < -0.4 is 0 Å². The number of hydrogen-bond donors (Lipinski definition) is 0. The Balaban J connectivity index is 0. The Hall–Kier alpha value is -2.60. The highest BCUT2D eigenvalue weighted by molar-refractivity contribution is 5.74. The third kappa shape index (κ3) is 6.45. The van der Waals surface area contributed by atoms with Gasteiger partial charge < -0.3 is 0 Å². The molecule has 0 saturated carbocycles. The highest BCUT2D eigenvalue weighted by atomic mass is 14.4. The Bertz CT molecular complexity index is 854. The zero-order chi connectivity index (χ0) is 23.9. The fraction of sp³-hybridized carbons (Fsp3) is 0.375. The minimum Gasteiger partial charge on any atom is -0.0776 e. The first kappa shape index (κ1) is 31.6. The van der Waals surface area contributed by atoms with Crippen LogP contribution in [-0.4, -0.2) is 0 Å². The molecule has 0 radical (unpaired) electrons. The van der Waals surface area contributed by atoms with Gasteiger partial charge in [-0.1, -0.05) is 148 Å². The maximum Gasteiger partial charge on any atom is 0.0646 e. The van der Waals surface area contributed by atoms with Gasteiger partial charge in [0, 0.05) is 0 Å². The summed E-state index contributed by atoms with van der Waals surface area (Å²) in [7, 11) is 0. The van der Waals surface area contributed by atoms with Crippen LogP contribution in [0.5, 0.6) is 0 Å². The molecular formula is C32H48. The van der Waals surface area contributed by atoms with E-state index in [1.165, 1.54) is 33.4 Å². The van der Waals surface area contributed by atoms with Crippen LogP contribution in [0.3, 0.4) is 0 Å². The first-order valence-electron chi connectivity index (χ1n) is 12.1. The third-order valence-corrected chi connectivity index (χ3v) is 5.04. The lowest BCUT2D eigenvalue weighted by Crippen LogP contribution is -2.27. The lowest BCUT2D eigenvalue weighted by atomic mass is 9.68. The van der Waals surface area contributed by atoms with Gasteiger partial charge in [-0.05, 0) is 47.2 Å². The number of fused-ring (bicyclic) bond motifs is 1. The van der Waals surface area contributed by atoms with Crippen molar-refractivity contribution in [3.8, 4) is 0 Å². The second-order valence-electron chi connectivity index (χ2n) is 6.36. The first-order chi connectivity index (χ1) is 15.2. The summed E-state index contributed by atoms with van der Waals surface area (Å²) in [5, 5.41) is 0. The van der Waals surface area contributed by atoms with Crippen LogP contribution in [0.25, 0.3) is 6.08 Å². The molecule has 0 N–H and O–H groups in total. The van der Waals surface area contributed by atoms with Crippen molar-refractivity contribution in [2.45, 2.75) is 82.1 Å². The minimum absolute atomic E-state index is 0. The van der Waals surface area contributed by atoms with E-state index in [2.05, 4.69) is 98.8 Å². The Morgan fingerprint density at radius 1 is 0.469 bits per heavy atom. The maximum absolute atomic E-state index is 2.38. The molecule has 1 aliphatic carbocycles. The van der Waals surface area contributed by atoms with Crippen LogP contribution >= 0.6 is 0 Å². The van der Waals surface area contributed by atoms with Gasteiger partial charge in [-0.25, -0.2) is 0 Å². The normalized spacial score (nSPS) is 11.3. The van der Waals surface area contributed by atoms with Crippen molar-refractivity contribution in [3.63, 3.8) is 0 Å². The smallest absolute Gasteiger partial charge is 0.0646 e. The lowest BCUT2D eigenvalue weighted by molar-refractivity contribution is 0.778. The molecule has 176 valence electrons. The van der Waals surface area contributed by atoms with E-state index in [4.69, 9.17) is 0 Å². The summed E-state index contributed by atoms with van der Waals surface area (Å²) < 4.78 is 0. The molecule has 0 nitrogen and oxygen atoms in total. The number of benzene rings is 3. The van der Waals surface area contributed by atoms with E-state index in [9.17, 15) is 0 Å². The second-order valence-corrected chi connectivity index (χ2v) is 6.36. The molecule has 0 fully saturated rings. The van der Waals surface area contributed by atoms with Crippen LogP contribution in [0.15, 0.2) is 78.9 Å². The molecular weight excluding hydrogens is 384 g/mol. The predicted octanol–water partition coefficient (Wildman–Crippen LogP) is 10.4. The molecule has 0 atom stereocenters. The van der Waals surface area contributed by atoms with E-state index < -0.39 is 0 Å². The Kier molecular flexibility index (Phi) is 16.8. The van der Waals surface area contributed by atoms with Crippen molar-refractivity contribution < 1.29 is 0 Å². The monoisotopic (exact) mass is 432 g/mol. The van der Waals surface area contributed by atoms with Crippen LogP contribution in [0.4, 0.5) is 0 Å². The fourth-order valence-corrected chi connectivity index (χ4v) is 3.95. The molecule has 1 aliphatic rings. The summed E-state index contributed by atoms with van der Waals surface area (Å²) in [5.74, 6) is 0. The summed E-state index contributed by atoms with van der Waals surface area (Å²) in [6.45, 7) is 20.4. The molecule has 0 heterocycles. The molecule has 0 aromatic heterocycles. The maximum atomic E-state index is 2.38. The zero-order valence-electron chi connectivity index (χ0n) is 21.6. The average Bonchev–Trinajstić information content (AvgIpc) is 3.25. The Labute approximate surface area is 200 Å². The van der Waals surface area contributed by atoms with Crippen LogP contribution in [0.1, 0.15) is 96.2 Å². The van der Waals surface area contributed by atoms with E-state index in [1.807, 2.05) is 55.4 Å². The third-order valence-electron chi connectivity index (χ3n) is 5.04. The lowest BCUT2D eigenvalue weighted by Gasteiger charge is -2.33. The van der Waals surface area contributed by atoms with E-state index in [0.717, 1.165) is 0 Å². The molecule has 3 aromatic rings. The molecule has 0 saturated heterocycles. The summed E-state index contributed by atoms with van der Waals surface area (Å²) >= 11 is 0. The minimum atomic E-state index is -0.187. The van der Waals surface area contributed by atoms with Crippen LogP contribution in [0.2, 0.25) is 0 Å². The van der Waals surface area contributed by atoms with Crippen LogP contribution in [-0.2, 0) is 5.41 Å². The van der Waals surface area contributed by atoms with Gasteiger partial charge in [-0.3, -0.25) is 0 Å². The van der Waals surface area contributed by atoms with Gasteiger partial charge in [-0.2, -0.15) is 0 Å². The quantitative estimate of drug-likeness (QED) is 0.378. The summed E-state index contributed by atoms with van der Waals surface area (Å²) in [4.78, 5) is 0. The molecule has 0 unspecified atom stereocenters. The van der Waals surface area contributed by atoms with E-state index in [1.54, 1.807) is 0 Å². The number of aryl methyl sites for hydroxylation is 2. The highest BCUT2D eigenvalue weighted by Gasteiger charge is 2.39. The zero-order valence-corrected chi connectivity index (χ0v) is 21.6. The van der Waals surface area contributed by atoms with Crippen molar-refractivity contribution in [3.05, 3.63) is 112 Å². The SMILES string of the molecule is C.CC.CC.CC.CC.Cc1ccccc1C1(c2ccccc2C)C=Cc2ccccc21. The molecule has 0 amide bonds. The first-order valence-corrected chi connectivity index (χ1v) is 12.1. The van der Waals surface area contributed by atoms with Crippen molar-refractivity contribution in [2.24, 2.45) is 0 Å². The number of allylic oxidation sites excluding steroid dienone is 1. The molecule has 32 heavy (non-hydrogen) atoms. The molecule has 3 aromatic carbocycles. The number of rotatable bonds is 2. The van der Waals surface area contributed by atoms with E-state index in [0.29, 0.717) is 0 Å². The van der Waals surface area contributed by atoms with Gasteiger partial charge in [0.2, 0.25) is 0 Å². The fourth-order valence-electron chi connectivity index (χ4n) is 3.95.